The summed E-state index contributed by atoms with van der Waals surface area (Å²) in [5, 5.41) is 12.3. The van der Waals surface area contributed by atoms with Gasteiger partial charge in [0, 0.05) is 18.3 Å². The number of aliphatic hydroxyl groups is 1. The molecule has 0 aromatic heterocycles. The first-order valence-electron chi connectivity index (χ1n) is 5.90. The van der Waals surface area contributed by atoms with Crippen molar-refractivity contribution >= 4 is 5.69 Å². The molecule has 1 aromatic rings. The van der Waals surface area contributed by atoms with Crippen molar-refractivity contribution in [1.29, 1.82) is 0 Å². The van der Waals surface area contributed by atoms with Crippen LogP contribution in [0.2, 0.25) is 0 Å². The Kier molecular flexibility index (Phi) is 4.36. The normalized spacial score (nSPS) is 13.6. The SMILES string of the molecule is CC(Nc1ccc(CCO)cc1)C(C)(C)C. The van der Waals surface area contributed by atoms with E-state index in [1.807, 2.05) is 0 Å². The Balaban J connectivity index is 2.62. The molecule has 1 aromatic carbocycles. The Morgan fingerprint density at radius 1 is 1.19 bits per heavy atom. The molecule has 0 radical (unpaired) electrons. The average molecular weight is 221 g/mol. The van der Waals surface area contributed by atoms with E-state index in [4.69, 9.17) is 5.11 Å². The zero-order chi connectivity index (χ0) is 12.2. The maximum atomic E-state index is 8.83. The average Bonchev–Trinajstić information content (AvgIpc) is 2.20. The van der Waals surface area contributed by atoms with Gasteiger partial charge in [-0.05, 0) is 36.5 Å². The van der Waals surface area contributed by atoms with Crippen molar-refractivity contribution in [2.45, 2.75) is 40.2 Å². The van der Waals surface area contributed by atoms with Crippen molar-refractivity contribution in [2.24, 2.45) is 5.41 Å². The third-order valence-corrected chi connectivity index (χ3v) is 3.04. The minimum Gasteiger partial charge on any atom is -0.396 e. The zero-order valence-electron chi connectivity index (χ0n) is 10.7. The molecule has 1 atom stereocenters. The molecule has 0 fully saturated rings. The number of anilines is 1. The quantitative estimate of drug-likeness (QED) is 0.819. The van der Waals surface area contributed by atoms with Crippen LogP contribution in [0.25, 0.3) is 0 Å². The van der Waals surface area contributed by atoms with Gasteiger partial charge in [0.1, 0.15) is 0 Å². The molecule has 2 N–H and O–H groups in total. The first-order valence-corrected chi connectivity index (χ1v) is 5.90. The molecule has 0 saturated carbocycles. The van der Waals surface area contributed by atoms with Gasteiger partial charge in [0.25, 0.3) is 0 Å². The van der Waals surface area contributed by atoms with E-state index < -0.39 is 0 Å². The molecule has 0 spiro atoms. The number of hydrogen-bond acceptors (Lipinski definition) is 2. The fourth-order valence-electron chi connectivity index (χ4n) is 1.36. The molecule has 0 bridgehead atoms. The summed E-state index contributed by atoms with van der Waals surface area (Å²) in [6, 6.07) is 8.71. The van der Waals surface area contributed by atoms with Crippen molar-refractivity contribution < 1.29 is 5.11 Å². The van der Waals surface area contributed by atoms with Crippen molar-refractivity contribution in [3.05, 3.63) is 29.8 Å². The van der Waals surface area contributed by atoms with Crippen LogP contribution in [0.5, 0.6) is 0 Å². The summed E-state index contributed by atoms with van der Waals surface area (Å²) in [6.45, 7) is 9.09. The molecule has 0 heterocycles. The lowest BCUT2D eigenvalue weighted by Crippen LogP contribution is -2.30. The number of benzene rings is 1. The molecule has 0 aliphatic rings. The highest BCUT2D eigenvalue weighted by atomic mass is 16.2. The molecule has 0 amide bonds. The molecule has 1 unspecified atom stereocenters. The van der Waals surface area contributed by atoms with E-state index in [1.54, 1.807) is 0 Å². The monoisotopic (exact) mass is 221 g/mol. The summed E-state index contributed by atoms with van der Waals surface area (Å²) >= 11 is 0. The molecule has 1 rings (SSSR count). The summed E-state index contributed by atoms with van der Waals surface area (Å²) < 4.78 is 0. The Hall–Kier alpha value is -1.02. The largest absolute Gasteiger partial charge is 0.396 e. The van der Waals surface area contributed by atoms with E-state index >= 15 is 0 Å². The highest BCUT2D eigenvalue weighted by molar-refractivity contribution is 5.45. The van der Waals surface area contributed by atoms with Crippen LogP contribution in [-0.4, -0.2) is 17.8 Å². The standard InChI is InChI=1S/C14H23NO/c1-11(14(2,3)4)15-13-7-5-12(6-8-13)9-10-16/h5-8,11,15-16H,9-10H2,1-4H3. The summed E-state index contributed by atoms with van der Waals surface area (Å²) in [5.74, 6) is 0. The van der Waals surface area contributed by atoms with E-state index in [0.717, 1.165) is 12.1 Å². The van der Waals surface area contributed by atoms with Crippen LogP contribution in [-0.2, 0) is 6.42 Å². The lowest BCUT2D eigenvalue weighted by Gasteiger charge is -2.29. The molecule has 90 valence electrons. The van der Waals surface area contributed by atoms with Crippen LogP contribution in [0.15, 0.2) is 24.3 Å². The molecule has 2 nitrogen and oxygen atoms in total. The Bertz CT molecular complexity index is 311. The Labute approximate surface area is 98.7 Å². The molecule has 2 heteroatoms. The van der Waals surface area contributed by atoms with Crippen molar-refractivity contribution in [3.8, 4) is 0 Å². The van der Waals surface area contributed by atoms with Crippen LogP contribution >= 0.6 is 0 Å². The second-order valence-electron chi connectivity index (χ2n) is 5.40. The van der Waals surface area contributed by atoms with E-state index in [2.05, 4.69) is 57.3 Å². The van der Waals surface area contributed by atoms with Crippen LogP contribution < -0.4 is 5.32 Å². The smallest absolute Gasteiger partial charge is 0.0471 e. The lowest BCUT2D eigenvalue weighted by atomic mass is 9.88. The molecule has 16 heavy (non-hydrogen) atoms. The van der Waals surface area contributed by atoms with E-state index in [1.165, 1.54) is 5.56 Å². The molecular formula is C14H23NO. The molecule has 0 aliphatic heterocycles. The topological polar surface area (TPSA) is 32.3 Å². The number of hydrogen-bond donors (Lipinski definition) is 2. The van der Waals surface area contributed by atoms with Gasteiger partial charge in [-0.25, -0.2) is 0 Å². The Morgan fingerprint density at radius 3 is 2.19 bits per heavy atom. The van der Waals surface area contributed by atoms with Crippen LogP contribution in [0, 0.1) is 5.41 Å². The number of rotatable bonds is 4. The van der Waals surface area contributed by atoms with Crippen molar-refractivity contribution in [1.82, 2.24) is 0 Å². The van der Waals surface area contributed by atoms with Crippen LogP contribution in [0.4, 0.5) is 5.69 Å². The van der Waals surface area contributed by atoms with Crippen molar-refractivity contribution in [2.75, 3.05) is 11.9 Å². The van der Waals surface area contributed by atoms with Gasteiger partial charge in [0.05, 0.1) is 0 Å². The maximum Gasteiger partial charge on any atom is 0.0471 e. The van der Waals surface area contributed by atoms with E-state index in [0.29, 0.717) is 6.04 Å². The predicted molar refractivity (Wildman–Crippen MR) is 69.8 cm³/mol. The molecule has 0 aliphatic carbocycles. The summed E-state index contributed by atoms with van der Waals surface area (Å²) in [6.07, 6.45) is 0.731. The van der Waals surface area contributed by atoms with Crippen LogP contribution in [0.1, 0.15) is 33.3 Å². The highest BCUT2D eigenvalue weighted by Gasteiger charge is 2.19. The third-order valence-electron chi connectivity index (χ3n) is 3.04. The van der Waals surface area contributed by atoms with E-state index in [-0.39, 0.29) is 12.0 Å². The van der Waals surface area contributed by atoms with Gasteiger partial charge in [-0.1, -0.05) is 32.9 Å². The van der Waals surface area contributed by atoms with Gasteiger partial charge in [-0.3, -0.25) is 0 Å². The summed E-state index contributed by atoms with van der Waals surface area (Å²) in [7, 11) is 0. The zero-order valence-corrected chi connectivity index (χ0v) is 10.7. The minimum atomic E-state index is 0.213. The summed E-state index contributed by atoms with van der Waals surface area (Å²) in [5.41, 5.74) is 2.57. The fraction of sp³-hybridized carbons (Fsp3) is 0.571. The predicted octanol–water partition coefficient (Wildman–Crippen LogP) is 3.07. The maximum absolute atomic E-state index is 8.83. The van der Waals surface area contributed by atoms with Crippen molar-refractivity contribution in [3.63, 3.8) is 0 Å². The molecule has 0 saturated heterocycles. The van der Waals surface area contributed by atoms with Gasteiger partial charge < -0.3 is 10.4 Å². The number of aliphatic hydroxyl groups excluding tert-OH is 1. The minimum absolute atomic E-state index is 0.213. The molecular weight excluding hydrogens is 198 g/mol. The number of nitrogens with one attached hydrogen (secondary N) is 1. The van der Waals surface area contributed by atoms with E-state index in [9.17, 15) is 0 Å². The van der Waals surface area contributed by atoms with Crippen LogP contribution in [0.3, 0.4) is 0 Å². The third kappa shape index (κ3) is 3.86. The lowest BCUT2D eigenvalue weighted by molar-refractivity contribution is 0.299. The van der Waals surface area contributed by atoms with Gasteiger partial charge in [-0.2, -0.15) is 0 Å². The van der Waals surface area contributed by atoms with Gasteiger partial charge >= 0.3 is 0 Å². The Morgan fingerprint density at radius 2 is 1.75 bits per heavy atom. The second-order valence-corrected chi connectivity index (χ2v) is 5.40. The fourth-order valence-corrected chi connectivity index (χ4v) is 1.36. The second kappa shape index (κ2) is 5.35. The van der Waals surface area contributed by atoms with Gasteiger partial charge in [-0.15, -0.1) is 0 Å². The first-order chi connectivity index (χ1) is 7.43. The summed E-state index contributed by atoms with van der Waals surface area (Å²) in [4.78, 5) is 0. The first kappa shape index (κ1) is 13.0. The van der Waals surface area contributed by atoms with Gasteiger partial charge in [0.2, 0.25) is 0 Å². The highest BCUT2D eigenvalue weighted by Crippen LogP contribution is 2.22. The van der Waals surface area contributed by atoms with Gasteiger partial charge in [0.15, 0.2) is 0 Å².